The van der Waals surface area contributed by atoms with E-state index in [1.165, 1.54) is 0 Å². The van der Waals surface area contributed by atoms with E-state index in [0.717, 1.165) is 31.2 Å². The molecule has 0 radical (unpaired) electrons. The number of aromatic nitrogens is 1. The highest BCUT2D eigenvalue weighted by molar-refractivity contribution is 6.31. The van der Waals surface area contributed by atoms with Crippen LogP contribution in [0.4, 0.5) is 0 Å². The molecule has 0 fully saturated rings. The van der Waals surface area contributed by atoms with Crippen molar-refractivity contribution in [1.29, 1.82) is 0 Å². The molecule has 6 nitrogen and oxygen atoms in total. The van der Waals surface area contributed by atoms with Gasteiger partial charge in [0.25, 0.3) is 6.20 Å². The molecular formula is C12H17ClN4O2. The van der Waals surface area contributed by atoms with E-state index in [-0.39, 0.29) is 0 Å². The van der Waals surface area contributed by atoms with Gasteiger partial charge in [-0.15, -0.1) is 0 Å². The second-order valence-electron chi connectivity index (χ2n) is 3.89. The lowest BCUT2D eigenvalue weighted by Gasteiger charge is -2.07. The van der Waals surface area contributed by atoms with Crippen molar-refractivity contribution < 1.29 is 4.92 Å². The first-order chi connectivity index (χ1) is 9.13. The number of pyridine rings is 1. The summed E-state index contributed by atoms with van der Waals surface area (Å²) in [6, 6.07) is 3.62. The predicted octanol–water partition coefficient (Wildman–Crippen LogP) is 1.94. The molecule has 0 bridgehead atoms. The molecule has 1 aromatic rings. The molecule has 1 aromatic heterocycles. The van der Waals surface area contributed by atoms with E-state index < -0.39 is 4.92 Å². The fourth-order valence-electron chi connectivity index (χ4n) is 1.55. The van der Waals surface area contributed by atoms with E-state index in [4.69, 9.17) is 11.6 Å². The molecule has 0 saturated carbocycles. The van der Waals surface area contributed by atoms with Crippen LogP contribution in [0, 0.1) is 10.1 Å². The van der Waals surface area contributed by atoms with Crippen molar-refractivity contribution in [2.24, 2.45) is 0 Å². The van der Waals surface area contributed by atoms with Crippen LogP contribution in [-0.2, 0) is 6.42 Å². The third-order valence-corrected chi connectivity index (χ3v) is 2.84. The predicted molar refractivity (Wildman–Crippen MR) is 74.3 cm³/mol. The number of hydrogen-bond acceptors (Lipinski definition) is 5. The van der Waals surface area contributed by atoms with Gasteiger partial charge in [0.1, 0.15) is 0 Å². The summed E-state index contributed by atoms with van der Waals surface area (Å²) in [5.74, 6) is 0.404. The fraction of sp³-hybridized carbons (Fsp3) is 0.417. The normalized spacial score (nSPS) is 11.2. The minimum atomic E-state index is -0.494. The van der Waals surface area contributed by atoms with Crippen molar-refractivity contribution in [3.05, 3.63) is 51.2 Å². The molecule has 7 heteroatoms. The number of aryl methyl sites for hydroxylation is 1. The average Bonchev–Trinajstić information content (AvgIpc) is 2.38. The summed E-state index contributed by atoms with van der Waals surface area (Å²) in [5, 5.41) is 16.7. The van der Waals surface area contributed by atoms with Crippen molar-refractivity contribution in [1.82, 2.24) is 15.6 Å². The van der Waals surface area contributed by atoms with Gasteiger partial charge in [-0.1, -0.05) is 11.6 Å². The monoisotopic (exact) mass is 284 g/mol. The van der Waals surface area contributed by atoms with Crippen LogP contribution in [0.25, 0.3) is 0 Å². The number of rotatable bonds is 8. The van der Waals surface area contributed by atoms with Crippen LogP contribution in [0.15, 0.2) is 30.4 Å². The average molecular weight is 285 g/mol. The second kappa shape index (κ2) is 8.31. The Morgan fingerprint density at radius 3 is 3.00 bits per heavy atom. The Balaban J connectivity index is 2.25. The van der Waals surface area contributed by atoms with Crippen LogP contribution in [-0.4, -0.2) is 23.5 Å². The summed E-state index contributed by atoms with van der Waals surface area (Å²) in [7, 11) is 1.63. The van der Waals surface area contributed by atoms with E-state index >= 15 is 0 Å². The van der Waals surface area contributed by atoms with Gasteiger partial charge >= 0.3 is 0 Å². The maximum Gasteiger partial charge on any atom is 0.274 e. The third-order valence-electron chi connectivity index (χ3n) is 2.49. The summed E-state index contributed by atoms with van der Waals surface area (Å²) < 4.78 is 0. The van der Waals surface area contributed by atoms with Crippen LogP contribution in [0.3, 0.4) is 0 Å². The number of hydrogen-bond donors (Lipinski definition) is 2. The van der Waals surface area contributed by atoms with E-state index in [2.05, 4.69) is 15.6 Å². The zero-order valence-electron chi connectivity index (χ0n) is 10.7. The molecule has 0 unspecified atom stereocenters. The van der Waals surface area contributed by atoms with Crippen LogP contribution in [0.2, 0.25) is 5.02 Å². The second-order valence-corrected chi connectivity index (χ2v) is 4.30. The number of halogens is 1. The van der Waals surface area contributed by atoms with Crippen molar-refractivity contribution >= 4 is 11.6 Å². The summed E-state index contributed by atoms with van der Waals surface area (Å²) in [5.41, 5.74) is 0.888. The summed E-state index contributed by atoms with van der Waals surface area (Å²) >= 11 is 6.00. The smallest absolute Gasteiger partial charge is 0.274 e. The van der Waals surface area contributed by atoms with Gasteiger partial charge in [0.05, 0.1) is 15.6 Å². The highest BCUT2D eigenvalue weighted by atomic mass is 35.5. The third kappa shape index (κ3) is 6.05. The van der Waals surface area contributed by atoms with Crippen molar-refractivity contribution in [2.45, 2.75) is 19.3 Å². The molecule has 2 N–H and O–H groups in total. The van der Waals surface area contributed by atoms with Gasteiger partial charge in [0, 0.05) is 19.8 Å². The topological polar surface area (TPSA) is 80.1 Å². The highest BCUT2D eigenvalue weighted by Crippen LogP contribution is 2.14. The molecule has 0 aromatic carbocycles. The summed E-state index contributed by atoms with van der Waals surface area (Å²) in [4.78, 5) is 14.0. The molecule has 0 spiro atoms. The van der Waals surface area contributed by atoms with Gasteiger partial charge in [-0.2, -0.15) is 0 Å². The molecule has 19 heavy (non-hydrogen) atoms. The first-order valence-electron chi connectivity index (χ1n) is 6.00. The van der Waals surface area contributed by atoms with E-state index in [0.29, 0.717) is 17.4 Å². The van der Waals surface area contributed by atoms with Crippen molar-refractivity contribution in [3.63, 3.8) is 0 Å². The van der Waals surface area contributed by atoms with Crippen LogP contribution in [0.1, 0.15) is 18.5 Å². The molecule has 0 aliphatic heterocycles. The molecular weight excluding hydrogens is 268 g/mol. The van der Waals surface area contributed by atoms with Crippen LogP contribution < -0.4 is 10.6 Å². The standard InChI is InChI=1S/C12H17ClN4O2/c1-14-12(9-17(18)19)16-7-3-2-6-11-10(13)5-4-8-15-11/h4-5,8-9,14,16H,2-3,6-7H2,1H3. The molecule has 104 valence electrons. The number of nitrogens with one attached hydrogen (secondary N) is 2. The van der Waals surface area contributed by atoms with Crippen molar-refractivity contribution in [3.8, 4) is 0 Å². The maximum absolute atomic E-state index is 10.3. The van der Waals surface area contributed by atoms with Gasteiger partial charge in [-0.05, 0) is 31.4 Å². The summed E-state index contributed by atoms with van der Waals surface area (Å²) in [6.07, 6.45) is 5.23. The van der Waals surface area contributed by atoms with Gasteiger partial charge < -0.3 is 10.6 Å². The number of nitro groups is 1. The molecule has 0 atom stereocenters. The lowest BCUT2D eigenvalue weighted by atomic mass is 10.2. The Bertz CT molecular complexity index is 451. The van der Waals surface area contributed by atoms with Gasteiger partial charge in [0.15, 0.2) is 5.82 Å². The number of nitrogens with zero attached hydrogens (tertiary/aromatic N) is 2. The molecule has 0 aliphatic rings. The molecule has 0 amide bonds. The van der Waals surface area contributed by atoms with E-state index in [1.807, 2.05) is 6.07 Å². The van der Waals surface area contributed by atoms with Gasteiger partial charge in [-0.25, -0.2) is 0 Å². The molecule has 0 saturated heterocycles. The van der Waals surface area contributed by atoms with Crippen LogP contribution in [0.5, 0.6) is 0 Å². The first-order valence-corrected chi connectivity index (χ1v) is 6.37. The SMILES string of the molecule is CNC(=C[N+](=O)[O-])NCCCCc1ncccc1Cl. The fourth-order valence-corrected chi connectivity index (χ4v) is 1.76. The summed E-state index contributed by atoms with van der Waals surface area (Å²) in [6.45, 7) is 0.658. The largest absolute Gasteiger partial charge is 0.370 e. The highest BCUT2D eigenvalue weighted by Gasteiger charge is 2.01. The number of unbranched alkanes of at least 4 members (excludes halogenated alkanes) is 1. The lowest BCUT2D eigenvalue weighted by molar-refractivity contribution is -0.404. The maximum atomic E-state index is 10.3. The Kier molecular flexibility index (Phi) is 6.67. The van der Waals surface area contributed by atoms with Gasteiger partial charge in [-0.3, -0.25) is 15.1 Å². The van der Waals surface area contributed by atoms with Crippen LogP contribution >= 0.6 is 11.6 Å². The van der Waals surface area contributed by atoms with Gasteiger partial charge in [0.2, 0.25) is 0 Å². The molecule has 1 rings (SSSR count). The Morgan fingerprint density at radius 1 is 1.58 bits per heavy atom. The van der Waals surface area contributed by atoms with E-state index in [1.54, 1.807) is 19.3 Å². The minimum absolute atomic E-state index is 0.404. The Labute approximate surface area is 117 Å². The quantitative estimate of drug-likeness (QED) is 0.433. The molecule has 0 aliphatic carbocycles. The Morgan fingerprint density at radius 2 is 2.37 bits per heavy atom. The van der Waals surface area contributed by atoms with E-state index in [9.17, 15) is 10.1 Å². The zero-order valence-corrected chi connectivity index (χ0v) is 11.5. The zero-order chi connectivity index (χ0) is 14.1. The first kappa shape index (κ1) is 15.2. The lowest BCUT2D eigenvalue weighted by Crippen LogP contribution is -2.25. The minimum Gasteiger partial charge on any atom is -0.370 e. The molecule has 1 heterocycles. The Hall–Kier alpha value is -1.82. The van der Waals surface area contributed by atoms with Crippen molar-refractivity contribution in [2.75, 3.05) is 13.6 Å².